The molecule has 0 bridgehead atoms. The minimum absolute atomic E-state index is 0.184. The Balaban J connectivity index is 1.03. The molecule has 4 aromatic heterocycles. The molecule has 43 heavy (non-hydrogen) atoms. The lowest BCUT2D eigenvalue weighted by Crippen LogP contribution is -2.37. The van der Waals surface area contributed by atoms with Gasteiger partial charge < -0.3 is 19.1 Å². The maximum Gasteiger partial charge on any atom is 0.324 e. The van der Waals surface area contributed by atoms with Gasteiger partial charge in [-0.1, -0.05) is 38.1 Å². The van der Waals surface area contributed by atoms with Crippen LogP contribution in [0.1, 0.15) is 43.4 Å². The molecule has 0 radical (unpaired) electrons. The van der Waals surface area contributed by atoms with Gasteiger partial charge in [0.05, 0.1) is 24.6 Å². The van der Waals surface area contributed by atoms with Gasteiger partial charge in [-0.2, -0.15) is 0 Å². The average molecular weight is 600 g/mol. The molecule has 2 aliphatic rings. The van der Waals surface area contributed by atoms with E-state index in [0.29, 0.717) is 17.3 Å². The third kappa shape index (κ3) is 5.84. The first-order chi connectivity index (χ1) is 20.8. The largest absolute Gasteiger partial charge is 0.379 e. The molecule has 1 saturated heterocycles. The fraction of sp³-hybridized carbons (Fsp3) is 0.406. The van der Waals surface area contributed by atoms with Gasteiger partial charge in [-0.3, -0.25) is 14.6 Å². The second-order valence-electron chi connectivity index (χ2n) is 12.4. The van der Waals surface area contributed by atoms with Crippen molar-refractivity contribution in [3.63, 3.8) is 0 Å². The Morgan fingerprint density at radius 3 is 2.60 bits per heavy atom. The fourth-order valence-electron chi connectivity index (χ4n) is 5.81. The molecule has 11 heteroatoms. The molecule has 224 valence electrons. The van der Waals surface area contributed by atoms with Crippen molar-refractivity contribution in [3.05, 3.63) is 65.1 Å². The molecule has 0 saturated carbocycles. The molecule has 7 rings (SSSR count). The number of aromatic nitrogens is 4. The molecule has 5 heterocycles. The first-order valence-corrected chi connectivity index (χ1v) is 15.8. The number of anilines is 2. The predicted octanol–water partition coefficient (Wildman–Crippen LogP) is 6.28. The van der Waals surface area contributed by atoms with E-state index in [9.17, 15) is 4.79 Å². The van der Waals surface area contributed by atoms with Gasteiger partial charge in [0.1, 0.15) is 5.76 Å². The molecule has 1 aliphatic carbocycles. The molecule has 5 aromatic rings. The zero-order chi connectivity index (χ0) is 29.6. The summed E-state index contributed by atoms with van der Waals surface area (Å²) in [7, 11) is 0. The van der Waals surface area contributed by atoms with E-state index in [0.717, 1.165) is 74.9 Å². The number of hydrogen-bond acceptors (Lipinski definition) is 7. The van der Waals surface area contributed by atoms with E-state index >= 15 is 0 Å². The van der Waals surface area contributed by atoms with Crippen LogP contribution in [0, 0.1) is 0 Å². The van der Waals surface area contributed by atoms with Crippen molar-refractivity contribution in [2.75, 3.05) is 43.5 Å². The van der Waals surface area contributed by atoms with Gasteiger partial charge in [0, 0.05) is 77.9 Å². The summed E-state index contributed by atoms with van der Waals surface area (Å²) in [6.07, 6.45) is 10.1. The van der Waals surface area contributed by atoms with Gasteiger partial charge in [-0.05, 0) is 37.0 Å². The number of ether oxygens (including phenoxy) is 1. The molecular weight excluding hydrogens is 562 g/mol. The molecule has 0 unspecified atom stereocenters. The summed E-state index contributed by atoms with van der Waals surface area (Å²) in [5, 5.41) is 9.54. The van der Waals surface area contributed by atoms with E-state index in [4.69, 9.17) is 14.2 Å². The lowest BCUT2D eigenvalue weighted by Gasteiger charge is -2.26. The van der Waals surface area contributed by atoms with Crippen molar-refractivity contribution in [3.8, 4) is 22.5 Å². The summed E-state index contributed by atoms with van der Waals surface area (Å²) >= 11 is 1.79. The first-order valence-electron chi connectivity index (χ1n) is 15.0. The Bertz CT molecular complexity index is 1750. The van der Waals surface area contributed by atoms with Crippen LogP contribution in [0.25, 0.3) is 27.5 Å². The number of aryl methyl sites for hydroxylation is 3. The van der Waals surface area contributed by atoms with Crippen molar-refractivity contribution in [2.45, 2.75) is 52.0 Å². The Labute approximate surface area is 254 Å². The Morgan fingerprint density at radius 1 is 1.02 bits per heavy atom. The second-order valence-corrected chi connectivity index (χ2v) is 13.4. The van der Waals surface area contributed by atoms with E-state index < -0.39 is 0 Å². The predicted molar refractivity (Wildman–Crippen MR) is 169 cm³/mol. The fourth-order valence-corrected chi connectivity index (χ4v) is 6.93. The number of rotatable bonds is 7. The average Bonchev–Trinajstić information content (AvgIpc) is 3.76. The highest BCUT2D eigenvalue weighted by atomic mass is 32.1. The lowest BCUT2D eigenvalue weighted by molar-refractivity contribution is 0.0369. The zero-order valence-corrected chi connectivity index (χ0v) is 25.7. The smallest absolute Gasteiger partial charge is 0.324 e. The van der Waals surface area contributed by atoms with Crippen molar-refractivity contribution in [2.24, 2.45) is 0 Å². The van der Waals surface area contributed by atoms with Crippen molar-refractivity contribution in [1.29, 1.82) is 0 Å². The SMILES string of the molecule is CC(C)(C)c1cc(NC(=O)Nc2ccc(-c3cn4c5c(sc4n3)CCc3cn(CCCN4CCOCC4)cc3-5)cc2)no1. The van der Waals surface area contributed by atoms with Gasteiger partial charge in [0.15, 0.2) is 10.8 Å². The topological polar surface area (TPSA) is 102 Å². The molecular formula is C32H37N7O3S. The Hall–Kier alpha value is -3.93. The van der Waals surface area contributed by atoms with Crippen LogP contribution in [0.5, 0.6) is 0 Å². The van der Waals surface area contributed by atoms with Crippen LogP contribution < -0.4 is 10.6 Å². The van der Waals surface area contributed by atoms with Crippen molar-refractivity contribution in [1.82, 2.24) is 24.0 Å². The highest BCUT2D eigenvalue weighted by Crippen LogP contribution is 2.40. The third-order valence-electron chi connectivity index (χ3n) is 8.16. The zero-order valence-electron chi connectivity index (χ0n) is 24.9. The van der Waals surface area contributed by atoms with Crippen LogP contribution >= 0.6 is 11.3 Å². The molecule has 2 N–H and O–H groups in total. The normalized spacial score (nSPS) is 15.4. The molecule has 1 aromatic carbocycles. The number of carbonyl (C=O) groups is 1. The number of imidazole rings is 1. The summed E-state index contributed by atoms with van der Waals surface area (Å²) in [5.41, 5.74) is 6.44. The number of thiazole rings is 1. The molecule has 10 nitrogen and oxygen atoms in total. The van der Waals surface area contributed by atoms with Crippen LogP contribution in [0.4, 0.5) is 16.3 Å². The number of nitrogens with zero attached hydrogens (tertiary/aromatic N) is 5. The van der Waals surface area contributed by atoms with Crippen LogP contribution in [0.3, 0.4) is 0 Å². The third-order valence-corrected chi connectivity index (χ3v) is 9.27. The van der Waals surface area contributed by atoms with Crippen LogP contribution in [-0.4, -0.2) is 62.9 Å². The maximum atomic E-state index is 12.5. The number of benzene rings is 1. The summed E-state index contributed by atoms with van der Waals surface area (Å²) in [4.78, 5) is 22.4. The molecule has 2 amide bonds. The number of carbonyl (C=O) groups excluding carboxylic acids is 1. The quantitative estimate of drug-likeness (QED) is 0.228. The lowest BCUT2D eigenvalue weighted by atomic mass is 9.93. The Morgan fingerprint density at radius 2 is 1.84 bits per heavy atom. The van der Waals surface area contributed by atoms with Crippen LogP contribution in [0.2, 0.25) is 0 Å². The number of hydrogen-bond donors (Lipinski definition) is 2. The van der Waals surface area contributed by atoms with E-state index in [1.807, 2.05) is 45.0 Å². The van der Waals surface area contributed by atoms with Crippen LogP contribution in [-0.2, 0) is 29.5 Å². The highest BCUT2D eigenvalue weighted by Gasteiger charge is 2.25. The minimum atomic E-state index is -0.375. The molecule has 1 aliphatic heterocycles. The first kappa shape index (κ1) is 27.9. The molecule has 1 fully saturated rings. The molecule has 0 atom stereocenters. The van der Waals surface area contributed by atoms with Crippen molar-refractivity contribution < 1.29 is 14.1 Å². The van der Waals surface area contributed by atoms with E-state index in [1.54, 1.807) is 17.4 Å². The number of fused-ring (bicyclic) bond motifs is 5. The van der Waals surface area contributed by atoms with E-state index in [-0.39, 0.29) is 11.4 Å². The van der Waals surface area contributed by atoms with Gasteiger partial charge in [-0.15, -0.1) is 11.3 Å². The van der Waals surface area contributed by atoms with Gasteiger partial charge >= 0.3 is 6.03 Å². The summed E-state index contributed by atoms with van der Waals surface area (Å²) in [5.74, 6) is 1.09. The van der Waals surface area contributed by atoms with Gasteiger partial charge in [0.2, 0.25) is 0 Å². The highest BCUT2D eigenvalue weighted by molar-refractivity contribution is 7.17. The summed E-state index contributed by atoms with van der Waals surface area (Å²) in [6, 6.07) is 9.11. The Kier molecular flexibility index (Phi) is 7.32. The molecule has 0 spiro atoms. The van der Waals surface area contributed by atoms with Crippen LogP contribution in [0.15, 0.2) is 53.4 Å². The summed E-state index contributed by atoms with van der Waals surface area (Å²) in [6.45, 7) is 12.0. The standard InChI is InChI=1S/C32H37N7O3S/c1-32(2,3)27-17-28(36-42-27)35-30(40)33-23-8-5-21(6-9-23)25-20-39-29-24-19-38(12-4-11-37-13-15-41-16-14-37)18-22(24)7-10-26(29)43-31(39)34-25/h5-6,8-9,17-20H,4,7,10-16H2,1-3H3,(H2,33,35,36,40). The van der Waals surface area contributed by atoms with E-state index in [1.165, 1.54) is 21.7 Å². The second kappa shape index (κ2) is 11.3. The number of amides is 2. The van der Waals surface area contributed by atoms with E-state index in [2.05, 4.69) is 48.2 Å². The van der Waals surface area contributed by atoms with Gasteiger partial charge in [0.25, 0.3) is 0 Å². The maximum absolute atomic E-state index is 12.5. The minimum Gasteiger partial charge on any atom is -0.379 e. The number of nitrogens with one attached hydrogen (secondary N) is 2. The summed E-state index contributed by atoms with van der Waals surface area (Å²) < 4.78 is 15.5. The monoisotopic (exact) mass is 599 g/mol. The van der Waals surface area contributed by atoms with Crippen molar-refractivity contribution >= 4 is 33.8 Å². The number of urea groups is 1. The number of morpholine rings is 1. The van der Waals surface area contributed by atoms with Gasteiger partial charge in [-0.25, -0.2) is 9.78 Å².